The molecule has 1 nitrogen and oxygen atoms in total. The molecule has 76 valence electrons. The Labute approximate surface area is 67.5 Å². The lowest BCUT2D eigenvalue weighted by molar-refractivity contribution is -0.429. The highest BCUT2D eigenvalue weighted by molar-refractivity contribution is 5.06. The van der Waals surface area contributed by atoms with Crippen LogP contribution in [-0.4, -0.2) is 18.4 Å². The van der Waals surface area contributed by atoms with E-state index in [4.69, 9.17) is 0 Å². The monoisotopic (exact) mass is 210 g/mol. The minimum absolute atomic E-state index is 0.241. The normalized spacial score (nSPS) is 17.7. The van der Waals surface area contributed by atoms with E-state index in [1.165, 1.54) is 0 Å². The second kappa shape index (κ2) is 3.06. The van der Waals surface area contributed by atoms with Gasteiger partial charge in [0, 0.05) is 0 Å². The SMILES string of the molecule is C#C[C@@](F)(OC(F)(F)F)C(F)(F)F. The van der Waals surface area contributed by atoms with Crippen LogP contribution in [0.2, 0.25) is 0 Å². The van der Waals surface area contributed by atoms with Gasteiger partial charge in [-0.25, -0.2) is 4.74 Å². The summed E-state index contributed by atoms with van der Waals surface area (Å²) in [6.07, 6.45) is -7.80. The molecule has 0 radical (unpaired) electrons. The van der Waals surface area contributed by atoms with Crippen LogP contribution in [0.5, 0.6) is 0 Å². The second-order valence-corrected chi connectivity index (χ2v) is 1.79. The third-order valence-corrected chi connectivity index (χ3v) is 0.807. The molecule has 0 aliphatic heterocycles. The number of hydrogen-bond donors (Lipinski definition) is 0. The summed E-state index contributed by atoms with van der Waals surface area (Å²) in [7, 11) is 0. The fraction of sp³-hybridized carbons (Fsp3) is 0.600. The van der Waals surface area contributed by atoms with Gasteiger partial charge in [-0.15, -0.1) is 19.6 Å². The van der Waals surface area contributed by atoms with E-state index in [1.54, 1.807) is 0 Å². The molecule has 0 amide bonds. The summed E-state index contributed by atoms with van der Waals surface area (Å²) in [5, 5.41) is 0. The summed E-state index contributed by atoms with van der Waals surface area (Å²) in [5.74, 6) is -4.89. The average molecular weight is 210 g/mol. The maximum Gasteiger partial charge on any atom is 0.526 e. The molecular weight excluding hydrogens is 209 g/mol. The van der Waals surface area contributed by atoms with Crippen molar-refractivity contribution in [3.63, 3.8) is 0 Å². The molecule has 0 aromatic carbocycles. The van der Waals surface area contributed by atoms with E-state index in [0.29, 0.717) is 0 Å². The summed E-state index contributed by atoms with van der Waals surface area (Å²) >= 11 is 0. The lowest BCUT2D eigenvalue weighted by atomic mass is 10.3. The van der Waals surface area contributed by atoms with Crippen LogP contribution in [0.3, 0.4) is 0 Å². The fourth-order valence-corrected chi connectivity index (χ4v) is 0.329. The van der Waals surface area contributed by atoms with Crippen LogP contribution in [0.25, 0.3) is 0 Å². The Morgan fingerprint density at radius 1 is 0.923 bits per heavy atom. The summed E-state index contributed by atoms with van der Waals surface area (Å²) in [6, 6.07) is 0. The maximum absolute atomic E-state index is 12.2. The number of ether oxygens (including phenoxy) is 1. The molecule has 0 aliphatic carbocycles. The second-order valence-electron chi connectivity index (χ2n) is 1.79. The minimum atomic E-state index is -5.93. The molecule has 0 spiro atoms. The summed E-state index contributed by atoms with van der Waals surface area (Å²) in [4.78, 5) is 0. The van der Waals surface area contributed by atoms with Crippen LogP contribution >= 0.6 is 0 Å². The van der Waals surface area contributed by atoms with Crippen molar-refractivity contribution in [3.8, 4) is 12.3 Å². The van der Waals surface area contributed by atoms with E-state index in [1.807, 2.05) is 0 Å². The molecule has 0 N–H and O–H groups in total. The van der Waals surface area contributed by atoms with Gasteiger partial charge in [-0.2, -0.15) is 17.6 Å². The zero-order valence-electron chi connectivity index (χ0n) is 5.63. The average Bonchev–Trinajstić information content (AvgIpc) is 1.81. The van der Waals surface area contributed by atoms with Gasteiger partial charge < -0.3 is 0 Å². The van der Waals surface area contributed by atoms with Crippen molar-refractivity contribution in [1.29, 1.82) is 0 Å². The van der Waals surface area contributed by atoms with Crippen LogP contribution in [0, 0.1) is 12.3 Å². The first-order valence-electron chi connectivity index (χ1n) is 2.52. The van der Waals surface area contributed by atoms with E-state index in [9.17, 15) is 30.7 Å². The van der Waals surface area contributed by atoms with Crippen molar-refractivity contribution >= 4 is 0 Å². The Morgan fingerprint density at radius 3 is 1.38 bits per heavy atom. The van der Waals surface area contributed by atoms with Crippen LogP contribution in [0.4, 0.5) is 30.7 Å². The molecule has 0 bridgehead atoms. The third kappa shape index (κ3) is 3.10. The van der Waals surface area contributed by atoms with Crippen molar-refractivity contribution in [2.45, 2.75) is 18.4 Å². The predicted octanol–water partition coefficient (Wildman–Crippen LogP) is 2.38. The van der Waals surface area contributed by atoms with Crippen molar-refractivity contribution in [3.05, 3.63) is 0 Å². The highest BCUT2D eigenvalue weighted by atomic mass is 19.4. The Balaban J connectivity index is 4.81. The lowest BCUT2D eigenvalue weighted by Gasteiger charge is -2.23. The number of alkyl halides is 7. The van der Waals surface area contributed by atoms with Gasteiger partial charge in [0.2, 0.25) is 0 Å². The first-order chi connectivity index (χ1) is 5.52. The Bertz CT molecular complexity index is 221. The quantitative estimate of drug-likeness (QED) is 0.476. The van der Waals surface area contributed by atoms with Gasteiger partial charge in [0.1, 0.15) is 0 Å². The Kier molecular flexibility index (Phi) is 2.84. The summed E-state index contributed by atoms with van der Waals surface area (Å²) < 4.78 is 82.4. The largest absolute Gasteiger partial charge is 0.526 e. The van der Waals surface area contributed by atoms with E-state index in [-0.39, 0.29) is 5.92 Å². The van der Waals surface area contributed by atoms with Gasteiger partial charge in [0.15, 0.2) is 0 Å². The number of halogens is 7. The van der Waals surface area contributed by atoms with Crippen LogP contribution in [-0.2, 0) is 4.74 Å². The van der Waals surface area contributed by atoms with Crippen LogP contribution < -0.4 is 0 Å². The zero-order valence-corrected chi connectivity index (χ0v) is 5.63. The van der Waals surface area contributed by atoms with Gasteiger partial charge in [-0.05, 0) is 5.92 Å². The van der Waals surface area contributed by atoms with Gasteiger partial charge in [-0.3, -0.25) is 0 Å². The fourth-order valence-electron chi connectivity index (χ4n) is 0.329. The molecule has 0 heterocycles. The lowest BCUT2D eigenvalue weighted by Crippen LogP contribution is -2.45. The van der Waals surface area contributed by atoms with Crippen LogP contribution in [0.15, 0.2) is 0 Å². The Hall–Kier alpha value is -0.970. The highest BCUT2D eigenvalue weighted by Gasteiger charge is 2.62. The molecular formula is C5HF7O. The molecule has 0 aromatic rings. The standard InChI is InChI=1S/C5HF7O/c1-2-3(6,4(7,8)9)13-5(10,11)12/h1H/t3-/m1/s1. The summed E-state index contributed by atoms with van der Waals surface area (Å²) in [5.41, 5.74) is 0. The third-order valence-electron chi connectivity index (χ3n) is 0.807. The molecule has 0 saturated heterocycles. The molecule has 0 rings (SSSR count). The van der Waals surface area contributed by atoms with Gasteiger partial charge in [0.05, 0.1) is 0 Å². The van der Waals surface area contributed by atoms with Crippen molar-refractivity contribution in [2.75, 3.05) is 0 Å². The molecule has 0 aliphatic rings. The summed E-state index contributed by atoms with van der Waals surface area (Å²) in [6.45, 7) is 0. The predicted molar refractivity (Wildman–Crippen MR) is 25.9 cm³/mol. The zero-order chi connectivity index (χ0) is 10.9. The van der Waals surface area contributed by atoms with Crippen molar-refractivity contribution in [1.82, 2.24) is 0 Å². The first-order valence-corrected chi connectivity index (χ1v) is 2.52. The molecule has 0 aromatic heterocycles. The molecule has 1 atom stereocenters. The van der Waals surface area contributed by atoms with Gasteiger partial charge >= 0.3 is 18.4 Å². The van der Waals surface area contributed by atoms with Crippen molar-refractivity contribution in [2.24, 2.45) is 0 Å². The molecule has 0 fully saturated rings. The van der Waals surface area contributed by atoms with E-state index in [2.05, 4.69) is 11.2 Å². The first kappa shape index (κ1) is 12.0. The smallest absolute Gasteiger partial charge is 0.235 e. The van der Waals surface area contributed by atoms with E-state index in [0.717, 1.165) is 0 Å². The molecule has 8 heteroatoms. The number of hydrogen-bond acceptors (Lipinski definition) is 1. The van der Waals surface area contributed by atoms with Crippen molar-refractivity contribution < 1.29 is 35.5 Å². The molecule has 13 heavy (non-hydrogen) atoms. The maximum atomic E-state index is 12.2. The molecule has 0 unspecified atom stereocenters. The van der Waals surface area contributed by atoms with Gasteiger partial charge in [0.25, 0.3) is 0 Å². The number of terminal acetylenes is 1. The minimum Gasteiger partial charge on any atom is -0.235 e. The van der Waals surface area contributed by atoms with E-state index < -0.39 is 18.4 Å². The van der Waals surface area contributed by atoms with Gasteiger partial charge in [-0.1, -0.05) is 0 Å². The topological polar surface area (TPSA) is 9.23 Å². The Morgan fingerprint density at radius 2 is 1.31 bits per heavy atom. The van der Waals surface area contributed by atoms with E-state index >= 15 is 0 Å². The van der Waals surface area contributed by atoms with Crippen LogP contribution in [0.1, 0.15) is 0 Å². The molecule has 0 saturated carbocycles. The highest BCUT2D eigenvalue weighted by Crippen LogP contribution is 2.38. The number of rotatable bonds is 1.